The molecule has 11 heteroatoms. The van der Waals surface area contributed by atoms with E-state index < -0.39 is 23.7 Å². The van der Waals surface area contributed by atoms with Gasteiger partial charge in [0.15, 0.2) is 17.3 Å². The number of aryl methyl sites for hydroxylation is 1. The van der Waals surface area contributed by atoms with E-state index in [-0.39, 0.29) is 5.92 Å². The summed E-state index contributed by atoms with van der Waals surface area (Å²) < 4.78 is 49.2. The van der Waals surface area contributed by atoms with Gasteiger partial charge in [-0.1, -0.05) is 18.2 Å². The summed E-state index contributed by atoms with van der Waals surface area (Å²) in [6.07, 6.45) is 1.54. The van der Waals surface area contributed by atoms with E-state index in [4.69, 9.17) is 15.6 Å². The van der Waals surface area contributed by atoms with Gasteiger partial charge in [-0.05, 0) is 38.8 Å². The van der Waals surface area contributed by atoms with Crippen LogP contribution in [0.4, 0.5) is 30.5 Å². The van der Waals surface area contributed by atoms with Crippen molar-refractivity contribution in [1.29, 1.82) is 0 Å². The number of hydrogen-bond acceptors (Lipinski definition) is 7. The number of nitrogen functional groups attached to an aromatic ring is 1. The number of imidazole rings is 1. The van der Waals surface area contributed by atoms with Gasteiger partial charge in [0.25, 0.3) is 0 Å². The fraction of sp³-hybridized carbons (Fsp3) is 0.565. The number of fused-ring (bicyclic) bond motifs is 1. The average molecular weight is 478 g/mol. The molecule has 2 aromatic rings. The Labute approximate surface area is 196 Å². The van der Waals surface area contributed by atoms with Crippen LogP contribution in [-0.2, 0) is 4.74 Å². The summed E-state index contributed by atoms with van der Waals surface area (Å²) in [5, 5.41) is 11.4. The summed E-state index contributed by atoms with van der Waals surface area (Å²) in [7, 11) is 0. The number of nitrogens with one attached hydrogen (secondary N) is 2. The predicted molar refractivity (Wildman–Crippen MR) is 125 cm³/mol. The number of anilines is 3. The highest BCUT2D eigenvalue weighted by atomic mass is 19.4. The van der Waals surface area contributed by atoms with Gasteiger partial charge in [0, 0.05) is 30.6 Å². The van der Waals surface area contributed by atoms with Gasteiger partial charge in [0.05, 0.1) is 30.6 Å². The van der Waals surface area contributed by atoms with Crippen LogP contribution in [0.2, 0.25) is 0 Å². The van der Waals surface area contributed by atoms with E-state index in [1.165, 1.54) is 12.2 Å². The minimum Gasteiger partial charge on any atom is -0.396 e. The SMILES string of the molecule is Cc1nc2c(N)cc(N3CCOCC3)nn2c1NC1C=CC=C(C(F)(F)F)C1C1CCNCC1. The molecule has 34 heavy (non-hydrogen) atoms. The maximum absolute atomic E-state index is 14.0. The first-order valence-electron chi connectivity index (χ1n) is 11.7. The number of nitrogens with two attached hydrogens (primary N) is 1. The molecule has 8 nitrogen and oxygen atoms in total. The van der Waals surface area contributed by atoms with E-state index in [1.54, 1.807) is 10.6 Å². The number of rotatable bonds is 4. The highest BCUT2D eigenvalue weighted by Gasteiger charge is 2.45. The van der Waals surface area contributed by atoms with Crippen molar-refractivity contribution in [1.82, 2.24) is 19.9 Å². The van der Waals surface area contributed by atoms with Gasteiger partial charge in [-0.15, -0.1) is 5.10 Å². The topological polar surface area (TPSA) is 92.7 Å². The Morgan fingerprint density at radius 1 is 1.21 bits per heavy atom. The molecule has 4 N–H and O–H groups in total. The van der Waals surface area contributed by atoms with E-state index in [2.05, 4.69) is 20.5 Å². The Morgan fingerprint density at radius 3 is 2.65 bits per heavy atom. The molecule has 2 atom stereocenters. The molecule has 0 spiro atoms. The number of ether oxygens (including phenoxy) is 1. The first kappa shape index (κ1) is 23.0. The van der Waals surface area contributed by atoms with Crippen molar-refractivity contribution >= 4 is 23.0 Å². The quantitative estimate of drug-likeness (QED) is 0.624. The zero-order chi connectivity index (χ0) is 23.9. The van der Waals surface area contributed by atoms with Crippen LogP contribution >= 0.6 is 0 Å². The monoisotopic (exact) mass is 477 g/mol. The number of allylic oxidation sites excluding steroid dienone is 2. The predicted octanol–water partition coefficient (Wildman–Crippen LogP) is 2.91. The van der Waals surface area contributed by atoms with Gasteiger partial charge >= 0.3 is 6.18 Å². The molecule has 0 aromatic carbocycles. The molecule has 2 saturated heterocycles. The van der Waals surface area contributed by atoms with Gasteiger partial charge in [-0.25, -0.2) is 4.98 Å². The number of halogens is 3. The van der Waals surface area contributed by atoms with Crippen molar-refractivity contribution in [2.24, 2.45) is 11.8 Å². The second-order valence-electron chi connectivity index (χ2n) is 9.13. The zero-order valence-electron chi connectivity index (χ0n) is 19.1. The van der Waals surface area contributed by atoms with Crippen molar-refractivity contribution in [2.75, 3.05) is 55.3 Å². The summed E-state index contributed by atoms with van der Waals surface area (Å²) in [4.78, 5) is 6.65. The molecule has 2 aliphatic heterocycles. The van der Waals surface area contributed by atoms with Gasteiger partial charge in [-0.2, -0.15) is 17.7 Å². The molecule has 5 rings (SSSR count). The van der Waals surface area contributed by atoms with Crippen LogP contribution in [0, 0.1) is 18.8 Å². The third-order valence-electron chi connectivity index (χ3n) is 6.97. The van der Waals surface area contributed by atoms with Crippen LogP contribution < -0.4 is 21.3 Å². The summed E-state index contributed by atoms with van der Waals surface area (Å²) in [5.41, 5.74) is 7.43. The Balaban J connectivity index is 1.51. The maximum atomic E-state index is 14.0. The Morgan fingerprint density at radius 2 is 1.94 bits per heavy atom. The highest BCUT2D eigenvalue weighted by Crippen LogP contribution is 2.43. The van der Waals surface area contributed by atoms with Crippen LogP contribution in [0.15, 0.2) is 29.9 Å². The van der Waals surface area contributed by atoms with Gasteiger partial charge < -0.3 is 26.0 Å². The highest BCUT2D eigenvalue weighted by molar-refractivity contribution is 5.72. The number of hydrogen-bond donors (Lipinski definition) is 3. The van der Waals surface area contributed by atoms with Crippen molar-refractivity contribution < 1.29 is 17.9 Å². The first-order chi connectivity index (χ1) is 16.3. The van der Waals surface area contributed by atoms with Crippen molar-refractivity contribution in [3.05, 3.63) is 35.6 Å². The Kier molecular flexibility index (Phi) is 6.15. The number of morpholine rings is 1. The van der Waals surface area contributed by atoms with Crippen LogP contribution in [-0.4, -0.2) is 66.2 Å². The lowest BCUT2D eigenvalue weighted by atomic mass is 9.73. The molecule has 0 bridgehead atoms. The van der Waals surface area contributed by atoms with E-state index in [0.717, 1.165) is 13.1 Å². The molecular formula is C23H30F3N7O. The molecular weight excluding hydrogens is 447 g/mol. The fourth-order valence-corrected chi connectivity index (χ4v) is 5.28. The smallest absolute Gasteiger partial charge is 0.396 e. The van der Waals surface area contributed by atoms with Crippen LogP contribution in [0.1, 0.15) is 18.5 Å². The van der Waals surface area contributed by atoms with Crippen LogP contribution in [0.3, 0.4) is 0 Å². The molecule has 0 saturated carbocycles. The number of nitrogens with zero attached hydrogens (tertiary/aromatic N) is 4. The molecule has 184 valence electrons. The minimum absolute atomic E-state index is 0.0852. The zero-order valence-corrected chi connectivity index (χ0v) is 19.1. The summed E-state index contributed by atoms with van der Waals surface area (Å²) in [6.45, 7) is 5.85. The maximum Gasteiger partial charge on any atom is 0.413 e. The molecule has 4 heterocycles. The summed E-state index contributed by atoms with van der Waals surface area (Å²) >= 11 is 0. The molecule has 3 aliphatic rings. The average Bonchev–Trinajstić information content (AvgIpc) is 3.15. The number of piperidine rings is 1. The largest absolute Gasteiger partial charge is 0.413 e. The second kappa shape index (κ2) is 9.10. The van der Waals surface area contributed by atoms with E-state index in [1.807, 2.05) is 13.0 Å². The van der Waals surface area contributed by atoms with Crippen LogP contribution in [0.25, 0.3) is 5.65 Å². The Hall–Kier alpha value is -2.79. The summed E-state index contributed by atoms with van der Waals surface area (Å²) in [5.74, 6) is 0.474. The van der Waals surface area contributed by atoms with Gasteiger partial charge in [0.1, 0.15) is 0 Å². The number of aromatic nitrogens is 3. The molecule has 2 fully saturated rings. The van der Waals surface area contributed by atoms with E-state index in [0.29, 0.717) is 67.8 Å². The van der Waals surface area contributed by atoms with Crippen molar-refractivity contribution in [2.45, 2.75) is 32.0 Å². The van der Waals surface area contributed by atoms with Gasteiger partial charge in [-0.3, -0.25) is 0 Å². The van der Waals surface area contributed by atoms with Crippen molar-refractivity contribution in [3.8, 4) is 0 Å². The van der Waals surface area contributed by atoms with E-state index >= 15 is 0 Å². The molecule has 0 radical (unpaired) electrons. The summed E-state index contributed by atoms with van der Waals surface area (Å²) in [6, 6.07) is 1.25. The normalized spacial score (nSPS) is 24.5. The molecule has 2 unspecified atom stereocenters. The lowest BCUT2D eigenvalue weighted by Gasteiger charge is -2.39. The molecule has 2 aromatic heterocycles. The minimum atomic E-state index is -4.39. The lowest BCUT2D eigenvalue weighted by Crippen LogP contribution is -2.43. The Bertz CT molecular complexity index is 1100. The first-order valence-corrected chi connectivity index (χ1v) is 11.7. The van der Waals surface area contributed by atoms with Crippen molar-refractivity contribution in [3.63, 3.8) is 0 Å². The standard InChI is InChI=1S/C23H30F3N7O/c1-14-21(33-22(29-14)17(27)13-19(31-33)32-9-11-34-12-10-32)30-18-4-2-3-16(23(24,25)26)20(18)15-5-7-28-8-6-15/h2-4,13,15,18,20,28,30H,5-12,27H2,1H3. The number of alkyl halides is 3. The third-order valence-corrected chi connectivity index (χ3v) is 6.97. The van der Waals surface area contributed by atoms with E-state index in [9.17, 15) is 13.2 Å². The fourth-order valence-electron chi connectivity index (χ4n) is 5.28. The molecule has 1 aliphatic carbocycles. The van der Waals surface area contributed by atoms with Gasteiger partial charge in [0.2, 0.25) is 0 Å². The second-order valence-corrected chi connectivity index (χ2v) is 9.13. The van der Waals surface area contributed by atoms with Crippen LogP contribution in [0.5, 0.6) is 0 Å². The lowest BCUT2D eigenvalue weighted by molar-refractivity contribution is -0.103. The third kappa shape index (κ3) is 4.34. The molecule has 0 amide bonds.